The molecule has 0 spiro atoms. The van der Waals surface area contributed by atoms with Crippen molar-refractivity contribution < 1.29 is 106 Å². The van der Waals surface area contributed by atoms with Gasteiger partial charge >= 0.3 is 69.8 Å². The summed E-state index contributed by atoms with van der Waals surface area (Å²) < 4.78 is 87.9. The molecule has 4 unspecified atom stereocenters. The van der Waals surface area contributed by atoms with Gasteiger partial charge in [0, 0.05) is 0 Å². The zero-order chi connectivity index (χ0) is 32.9. The minimum absolute atomic E-state index is 0.267. The molecule has 0 aromatic heterocycles. The molecular formula is C18H41O19P4Ti. The second kappa shape index (κ2) is 22.9. The summed E-state index contributed by atoms with van der Waals surface area (Å²) in [5, 5.41) is 19.0. The van der Waals surface area contributed by atoms with E-state index in [1.54, 1.807) is 0 Å². The van der Waals surface area contributed by atoms with E-state index in [2.05, 4.69) is 26.7 Å². The van der Waals surface area contributed by atoms with Crippen LogP contribution in [0.15, 0.2) is 0 Å². The average molecular weight is 733 g/mol. The molecule has 0 amide bonds. The number of aliphatic carboxylic acids is 1. The second-order valence-corrected chi connectivity index (χ2v) is 14.6. The Morgan fingerprint density at radius 2 is 0.929 bits per heavy atom. The van der Waals surface area contributed by atoms with Crippen LogP contribution in [0.1, 0.15) is 90.9 Å². The number of phosphoric ester groups is 4. The van der Waals surface area contributed by atoms with Crippen molar-refractivity contribution in [2.45, 2.75) is 96.9 Å². The summed E-state index contributed by atoms with van der Waals surface area (Å²) in [5.74, 6) is -7.30. The molecule has 0 aliphatic heterocycles. The fourth-order valence-electron chi connectivity index (χ4n) is 2.87. The van der Waals surface area contributed by atoms with Crippen LogP contribution in [-0.4, -0.2) is 58.6 Å². The standard InChI is InChI=1S/C18H40O17P4.H2O.O.Ti/c1-3-5-7-9-11-13-15-30-36(22,23)34-38(26,27)32-18(21,17(19)20)33-39(28,29)35-37(24,25)31-16-14-12-10-8-6-4-2;;;/h21H,3-16H2,1-2H3,(H,19,20)(H,22,23)(H,24,25)(H,26,27)(H,28,29);1H2;;/q;;;+1/p-1. The first kappa shape index (κ1) is 44.5. The first-order valence-corrected chi connectivity index (χ1v) is 20.0. The molecule has 7 N–H and O–H groups in total. The third-order valence-corrected chi connectivity index (χ3v) is 9.94. The van der Waals surface area contributed by atoms with Gasteiger partial charge in [-0.1, -0.05) is 78.1 Å². The van der Waals surface area contributed by atoms with Gasteiger partial charge in [0.25, 0.3) is 0 Å². The summed E-state index contributed by atoms with van der Waals surface area (Å²) in [7, 11) is -22.9. The monoisotopic (exact) mass is 733 g/mol. The van der Waals surface area contributed by atoms with Gasteiger partial charge in [0.1, 0.15) is 0 Å². The summed E-state index contributed by atoms with van der Waals surface area (Å²) in [6.45, 7) is 3.23. The molecule has 0 aromatic rings. The van der Waals surface area contributed by atoms with E-state index in [0.717, 1.165) is 51.4 Å². The van der Waals surface area contributed by atoms with Crippen molar-refractivity contribution in [3.63, 3.8) is 0 Å². The maximum atomic E-state index is 12.1. The molecular weight excluding hydrogens is 692 g/mol. The van der Waals surface area contributed by atoms with E-state index in [-0.39, 0.29) is 12.8 Å². The number of carboxylic acids is 1. The summed E-state index contributed by atoms with van der Waals surface area (Å²) in [6.07, 6.45) is 9.17. The fourth-order valence-corrected chi connectivity index (χ4v) is 7.24. The second-order valence-electron chi connectivity index (χ2n) is 8.40. The molecule has 19 nitrogen and oxygen atoms in total. The molecule has 0 aromatic carbocycles. The van der Waals surface area contributed by atoms with Crippen molar-refractivity contribution in [2.24, 2.45) is 0 Å². The number of unbranched alkanes of at least 4 members (excludes halogenated alkanes) is 10. The Morgan fingerprint density at radius 3 is 1.21 bits per heavy atom. The van der Waals surface area contributed by atoms with Gasteiger partial charge in [-0.3, -0.25) is 9.05 Å². The Bertz CT molecular complexity index is 903. The normalized spacial score (nSPS) is 18.6. The van der Waals surface area contributed by atoms with Crippen molar-refractivity contribution >= 4 is 37.3 Å². The van der Waals surface area contributed by atoms with Gasteiger partial charge < -0.3 is 29.8 Å². The number of rotatable bonds is 25. The SMILES string of the molecule is CCCCCCCCOP(=O)(O)OP(=O)(O)OC(O)(OP(=O)(O)OP(=O)(O)OCCCCCCCC)C(=O)O.[O]=[Ti][OH]. The fraction of sp³-hybridized carbons (Fsp3) is 0.944. The van der Waals surface area contributed by atoms with Crippen molar-refractivity contribution in [3.05, 3.63) is 0 Å². The Morgan fingerprint density at radius 1 is 0.643 bits per heavy atom. The van der Waals surface area contributed by atoms with Crippen molar-refractivity contribution in [1.29, 1.82) is 0 Å². The number of aliphatic hydroxyl groups is 1. The molecule has 0 heterocycles. The van der Waals surface area contributed by atoms with E-state index in [9.17, 15) is 47.7 Å². The van der Waals surface area contributed by atoms with E-state index >= 15 is 0 Å². The summed E-state index contributed by atoms with van der Waals surface area (Å²) in [5.41, 5.74) is 0. The Labute approximate surface area is 253 Å². The third-order valence-electron chi connectivity index (χ3n) is 4.67. The first-order valence-electron chi connectivity index (χ1n) is 12.7. The molecule has 0 saturated carbocycles. The van der Waals surface area contributed by atoms with E-state index in [1.165, 1.54) is 0 Å². The molecule has 42 heavy (non-hydrogen) atoms. The number of carboxylic acid groups (broad SMARTS) is 1. The zero-order valence-electron chi connectivity index (χ0n) is 23.2. The van der Waals surface area contributed by atoms with Gasteiger partial charge in [-0.15, -0.1) is 0 Å². The Hall–Kier alpha value is 0.424. The molecule has 0 rings (SSSR count). The van der Waals surface area contributed by atoms with Crippen molar-refractivity contribution in [3.8, 4) is 0 Å². The predicted molar refractivity (Wildman–Crippen MR) is 138 cm³/mol. The molecule has 0 radical (unpaired) electrons. The molecule has 24 heteroatoms. The first-order chi connectivity index (χ1) is 19.3. The van der Waals surface area contributed by atoms with Crippen molar-refractivity contribution in [1.82, 2.24) is 0 Å². The number of phosphoric acid groups is 4. The van der Waals surface area contributed by atoms with Crippen LogP contribution in [0.3, 0.4) is 0 Å². The molecule has 4 atom stereocenters. The van der Waals surface area contributed by atoms with Gasteiger partial charge in [-0.2, -0.15) is 8.62 Å². The summed E-state index contributed by atoms with van der Waals surface area (Å²) in [6, 6.07) is 0. The number of hydrogen-bond acceptors (Lipinski definition) is 13. The van der Waals surface area contributed by atoms with Gasteiger partial charge in [0.15, 0.2) is 0 Å². The molecule has 251 valence electrons. The molecule has 0 bridgehead atoms. The third kappa shape index (κ3) is 24.7. The summed E-state index contributed by atoms with van der Waals surface area (Å²) >= 11 is -1.75. The minimum atomic E-state index is -6.08. The van der Waals surface area contributed by atoms with E-state index in [1.807, 2.05) is 13.8 Å². The predicted octanol–water partition coefficient (Wildman–Crippen LogP) is 4.26. The molecule has 0 aliphatic rings. The van der Waals surface area contributed by atoms with Gasteiger partial charge in [0.05, 0.1) is 13.2 Å². The van der Waals surface area contributed by atoms with Gasteiger partial charge in [0.2, 0.25) is 0 Å². The van der Waals surface area contributed by atoms with Crippen LogP contribution in [0.2, 0.25) is 0 Å². The van der Waals surface area contributed by atoms with Crippen molar-refractivity contribution in [2.75, 3.05) is 13.2 Å². The topological polar surface area (TPSA) is 299 Å². The molecule has 0 saturated heterocycles. The summed E-state index contributed by atoms with van der Waals surface area (Å²) in [4.78, 5) is 49.8. The van der Waals surface area contributed by atoms with Crippen LogP contribution in [0, 0.1) is 0 Å². The number of hydrogen-bond donors (Lipinski definition) is 7. The van der Waals surface area contributed by atoms with Gasteiger partial charge in [-0.25, -0.2) is 32.1 Å². The molecule has 0 fully saturated rings. The van der Waals surface area contributed by atoms with Crippen LogP contribution >= 0.6 is 31.3 Å². The molecule has 0 aliphatic carbocycles. The Kier molecular flexibility index (Phi) is 24.2. The Balaban J connectivity index is 0. The van der Waals surface area contributed by atoms with Gasteiger partial charge in [-0.05, 0) is 12.8 Å². The van der Waals surface area contributed by atoms with E-state index in [0.29, 0.717) is 12.8 Å². The maximum absolute atomic E-state index is 12.1. The van der Waals surface area contributed by atoms with E-state index in [4.69, 9.17) is 12.1 Å². The van der Waals surface area contributed by atoms with Crippen LogP contribution in [-0.2, 0) is 72.6 Å². The average Bonchev–Trinajstić information content (AvgIpc) is 2.81. The number of carbonyl (C=O) groups is 1. The van der Waals surface area contributed by atoms with Crippen LogP contribution in [0.4, 0.5) is 0 Å². The van der Waals surface area contributed by atoms with Crippen LogP contribution in [0.25, 0.3) is 0 Å². The quantitative estimate of drug-likeness (QED) is 0.0298. The van der Waals surface area contributed by atoms with E-state index < -0.39 is 76.0 Å². The van der Waals surface area contributed by atoms with Crippen LogP contribution in [0.5, 0.6) is 0 Å². The van der Waals surface area contributed by atoms with Crippen LogP contribution < -0.4 is 0 Å². The zero-order valence-corrected chi connectivity index (χ0v) is 28.4.